The second-order valence-corrected chi connectivity index (χ2v) is 10.2. The van der Waals surface area contributed by atoms with E-state index >= 15 is 0 Å². The predicted octanol–water partition coefficient (Wildman–Crippen LogP) is 2.54. The van der Waals surface area contributed by atoms with Gasteiger partial charge in [0.05, 0.1) is 24.0 Å². The number of hydrogen-bond donors (Lipinski definition) is 4. The Kier molecular flexibility index (Phi) is 11.6. The number of hydrogen-bond acceptors (Lipinski definition) is 9. The molecule has 2 bridgehead atoms. The van der Waals surface area contributed by atoms with Crippen molar-refractivity contribution in [2.45, 2.75) is 77.8 Å². The molecule has 11 nitrogen and oxygen atoms in total. The molecule has 0 saturated carbocycles. The van der Waals surface area contributed by atoms with E-state index in [1.54, 1.807) is 39.8 Å². The highest BCUT2D eigenvalue weighted by Gasteiger charge is 2.33. The highest BCUT2D eigenvalue weighted by Crippen LogP contribution is 2.29. The van der Waals surface area contributed by atoms with E-state index in [0.717, 1.165) is 6.08 Å². The standard InChI is InChI=1S/C28H40N2O9/c1-14-10-18-24(33)19(13-20(31)25(18)34)30-27(35)15(2)8-7-9-21(37-5)26(39-28(29)36)17(4)12-16(3)23(32)22(11-14)38-6/h8,12-14,16,21-23,26,32-33H,7,9-11H2,1-6H3,(H2,29,36)(H,30,35). The van der Waals surface area contributed by atoms with Crippen molar-refractivity contribution in [3.05, 3.63) is 46.4 Å². The molecule has 2 amide bonds. The molecule has 0 radical (unpaired) electrons. The van der Waals surface area contributed by atoms with Crippen LogP contribution in [0.1, 0.15) is 53.4 Å². The maximum atomic E-state index is 12.8. The lowest BCUT2D eigenvalue weighted by molar-refractivity contribution is -0.132. The molecule has 6 atom stereocenters. The molecule has 5 N–H and O–H groups in total. The molecule has 0 spiro atoms. The van der Waals surface area contributed by atoms with E-state index in [9.17, 15) is 29.4 Å². The van der Waals surface area contributed by atoms with Crippen LogP contribution in [-0.2, 0) is 28.6 Å². The quantitative estimate of drug-likeness (QED) is 0.235. The molecule has 0 aromatic carbocycles. The van der Waals surface area contributed by atoms with Gasteiger partial charge in [-0.15, -0.1) is 0 Å². The lowest BCUT2D eigenvalue weighted by Crippen LogP contribution is -2.37. The molecule has 6 unspecified atom stereocenters. The maximum absolute atomic E-state index is 12.8. The van der Waals surface area contributed by atoms with Crippen molar-refractivity contribution >= 4 is 23.6 Å². The zero-order valence-electron chi connectivity index (χ0n) is 23.4. The largest absolute Gasteiger partial charge is 0.505 e. The number of aliphatic hydroxyl groups is 2. The molecule has 2 aliphatic rings. The summed E-state index contributed by atoms with van der Waals surface area (Å²) in [4.78, 5) is 49.4. The van der Waals surface area contributed by atoms with E-state index in [2.05, 4.69) is 5.32 Å². The SMILES string of the molecule is COC1CCC=C(C)C(=O)NC2=CC(=O)C(=O)C(=C2O)CC(C)CC(OC)C(O)C(C)C=C(C)C1OC(N)=O. The number of rotatable bonds is 3. The van der Waals surface area contributed by atoms with Crippen molar-refractivity contribution in [1.29, 1.82) is 0 Å². The van der Waals surface area contributed by atoms with Crippen LogP contribution >= 0.6 is 0 Å². The van der Waals surface area contributed by atoms with Crippen molar-refractivity contribution in [3.8, 4) is 0 Å². The van der Waals surface area contributed by atoms with Gasteiger partial charge in [-0.1, -0.05) is 26.0 Å². The second kappa shape index (κ2) is 14.2. The molecule has 2 rings (SSSR count). The van der Waals surface area contributed by atoms with Gasteiger partial charge in [-0.25, -0.2) is 4.79 Å². The summed E-state index contributed by atoms with van der Waals surface area (Å²) in [6.45, 7) is 6.90. The van der Waals surface area contributed by atoms with Gasteiger partial charge in [0.1, 0.15) is 5.76 Å². The highest BCUT2D eigenvalue weighted by atomic mass is 16.6. The fourth-order valence-corrected chi connectivity index (χ4v) is 4.88. The van der Waals surface area contributed by atoms with E-state index in [-0.39, 0.29) is 23.6 Å². The normalized spacial score (nSPS) is 30.2. The number of ether oxygens (including phenoxy) is 3. The molecule has 39 heavy (non-hydrogen) atoms. The number of carbonyl (C=O) groups excluding carboxylic acids is 4. The Hall–Kier alpha value is -3.28. The zero-order valence-corrected chi connectivity index (χ0v) is 23.4. The first kappa shape index (κ1) is 31.9. The molecule has 0 aromatic rings. The Labute approximate surface area is 228 Å². The van der Waals surface area contributed by atoms with E-state index in [0.29, 0.717) is 30.4 Å². The van der Waals surface area contributed by atoms with Crippen molar-refractivity contribution in [1.82, 2.24) is 5.32 Å². The Balaban J connectivity index is 2.53. The summed E-state index contributed by atoms with van der Waals surface area (Å²) >= 11 is 0. The second-order valence-electron chi connectivity index (χ2n) is 10.2. The number of fused-ring (bicyclic) bond motifs is 1. The van der Waals surface area contributed by atoms with Gasteiger partial charge < -0.3 is 35.5 Å². The van der Waals surface area contributed by atoms with Crippen LogP contribution in [0.2, 0.25) is 0 Å². The number of ketones is 2. The number of carbonyl (C=O) groups is 4. The first-order valence-corrected chi connectivity index (χ1v) is 12.9. The predicted molar refractivity (Wildman–Crippen MR) is 142 cm³/mol. The van der Waals surface area contributed by atoms with E-state index in [1.165, 1.54) is 14.2 Å². The van der Waals surface area contributed by atoms with Crippen LogP contribution in [0.4, 0.5) is 4.79 Å². The zero-order chi connectivity index (χ0) is 29.4. The number of amides is 2. The summed E-state index contributed by atoms with van der Waals surface area (Å²) in [5.41, 5.74) is 5.99. The third kappa shape index (κ3) is 8.35. The van der Waals surface area contributed by atoms with Crippen LogP contribution in [0.15, 0.2) is 46.4 Å². The number of nitrogens with two attached hydrogens (primary N) is 1. The summed E-state index contributed by atoms with van der Waals surface area (Å²) < 4.78 is 16.5. The average molecular weight is 549 g/mol. The summed E-state index contributed by atoms with van der Waals surface area (Å²) in [6, 6.07) is 0. The molecule has 0 fully saturated rings. The van der Waals surface area contributed by atoms with Crippen LogP contribution in [0.5, 0.6) is 0 Å². The van der Waals surface area contributed by atoms with Gasteiger partial charge in [0.15, 0.2) is 6.10 Å². The van der Waals surface area contributed by atoms with E-state index in [1.807, 2.05) is 0 Å². The minimum absolute atomic E-state index is 0.0261. The van der Waals surface area contributed by atoms with Crippen molar-refractivity contribution in [2.24, 2.45) is 17.6 Å². The highest BCUT2D eigenvalue weighted by molar-refractivity contribution is 6.48. The van der Waals surface area contributed by atoms with Crippen molar-refractivity contribution in [2.75, 3.05) is 14.2 Å². The van der Waals surface area contributed by atoms with Crippen molar-refractivity contribution < 1.29 is 43.6 Å². The minimum atomic E-state index is -0.979. The number of nitrogens with one attached hydrogen (secondary N) is 1. The topological polar surface area (TPSA) is 174 Å². The number of aliphatic hydroxyl groups excluding tert-OH is 2. The van der Waals surface area contributed by atoms with Gasteiger partial charge >= 0.3 is 6.09 Å². The lowest BCUT2D eigenvalue weighted by atomic mass is 9.85. The fraction of sp³-hybridized carbons (Fsp3) is 0.571. The molecule has 0 saturated heterocycles. The van der Waals surface area contributed by atoms with Gasteiger partial charge in [-0.2, -0.15) is 0 Å². The summed E-state index contributed by atoms with van der Waals surface area (Å²) in [7, 11) is 2.92. The lowest BCUT2D eigenvalue weighted by Gasteiger charge is -2.30. The third-order valence-electron chi connectivity index (χ3n) is 7.09. The van der Waals surface area contributed by atoms with Crippen LogP contribution in [0, 0.1) is 11.8 Å². The maximum Gasteiger partial charge on any atom is 0.405 e. The Morgan fingerprint density at radius 1 is 1.10 bits per heavy atom. The monoisotopic (exact) mass is 548 g/mol. The molecular formula is C28H40N2O9. The number of methoxy groups -OCH3 is 2. The first-order valence-electron chi connectivity index (χ1n) is 12.9. The van der Waals surface area contributed by atoms with Crippen molar-refractivity contribution in [3.63, 3.8) is 0 Å². The van der Waals surface area contributed by atoms with Gasteiger partial charge in [0, 0.05) is 37.4 Å². The van der Waals surface area contributed by atoms with Crippen LogP contribution < -0.4 is 11.1 Å². The molecule has 216 valence electrons. The van der Waals surface area contributed by atoms with Crippen LogP contribution in [0.3, 0.4) is 0 Å². The number of allylic oxidation sites excluding steroid dienone is 3. The Bertz CT molecular complexity index is 1090. The van der Waals surface area contributed by atoms with Crippen LogP contribution in [-0.4, -0.2) is 72.4 Å². The number of primary amides is 1. The van der Waals surface area contributed by atoms with E-state index in [4.69, 9.17) is 19.9 Å². The fourth-order valence-electron chi connectivity index (χ4n) is 4.88. The summed E-state index contributed by atoms with van der Waals surface area (Å²) in [6.07, 6.45) is 1.28. The Morgan fingerprint density at radius 2 is 1.74 bits per heavy atom. The molecular weight excluding hydrogens is 508 g/mol. The summed E-state index contributed by atoms with van der Waals surface area (Å²) in [5.74, 6) is -3.45. The molecule has 0 aromatic heterocycles. The average Bonchev–Trinajstić information content (AvgIpc) is 2.88. The summed E-state index contributed by atoms with van der Waals surface area (Å²) in [5, 5.41) is 24.4. The third-order valence-corrected chi connectivity index (χ3v) is 7.09. The minimum Gasteiger partial charge on any atom is -0.505 e. The number of Topliss-reactive ketones (excluding diaryl/α,β-unsaturated/α-hetero) is 1. The molecule has 1 aliphatic carbocycles. The molecule has 11 heteroatoms. The first-order chi connectivity index (χ1) is 18.3. The van der Waals surface area contributed by atoms with Gasteiger partial charge in [0.2, 0.25) is 11.6 Å². The van der Waals surface area contributed by atoms with Crippen LogP contribution in [0.25, 0.3) is 0 Å². The van der Waals surface area contributed by atoms with Gasteiger partial charge in [-0.3, -0.25) is 14.4 Å². The molecule has 1 aliphatic heterocycles. The smallest absolute Gasteiger partial charge is 0.405 e. The Morgan fingerprint density at radius 3 is 2.33 bits per heavy atom. The van der Waals surface area contributed by atoms with Gasteiger partial charge in [0.25, 0.3) is 5.91 Å². The molecule has 1 heterocycles. The van der Waals surface area contributed by atoms with E-state index < -0.39 is 59.7 Å². The van der Waals surface area contributed by atoms with Gasteiger partial charge in [-0.05, 0) is 51.0 Å².